The maximum Gasteiger partial charge on any atom is 4.00 e. The van der Waals surface area contributed by atoms with Crippen molar-refractivity contribution in [2.24, 2.45) is 5.92 Å². The monoisotopic (exact) mass is 420 g/mol. The number of carbonyl (C=O) groups excluding carboxylic acids is 1. The SMILES string of the molecule is CC(C)CCCCCCCCCCCCCC[C-]=O.[Cl-].[Cl-].[Cl-].[Ti+4]. The number of unbranched alkanes of at least 4 members (excludes halogenated alkanes) is 12. The van der Waals surface area contributed by atoms with Crippen LogP contribution in [0, 0.1) is 5.92 Å². The van der Waals surface area contributed by atoms with Crippen molar-refractivity contribution in [3.05, 3.63) is 0 Å². The maximum atomic E-state index is 10.0. The van der Waals surface area contributed by atoms with Gasteiger partial charge >= 0.3 is 21.7 Å². The molecule has 0 radical (unpaired) electrons. The van der Waals surface area contributed by atoms with Gasteiger partial charge in [0.1, 0.15) is 0 Å². The topological polar surface area (TPSA) is 17.1 Å². The van der Waals surface area contributed by atoms with Crippen LogP contribution in [0.2, 0.25) is 0 Å². The molecule has 0 bridgehead atoms. The summed E-state index contributed by atoms with van der Waals surface area (Å²) in [5.41, 5.74) is 0. The van der Waals surface area contributed by atoms with Crippen molar-refractivity contribution < 1.29 is 63.7 Å². The van der Waals surface area contributed by atoms with Crippen LogP contribution in [-0.2, 0) is 26.5 Å². The van der Waals surface area contributed by atoms with Gasteiger partial charge in [-0.15, -0.1) is 0 Å². The van der Waals surface area contributed by atoms with Crippen molar-refractivity contribution >= 4 is 6.29 Å². The van der Waals surface area contributed by atoms with E-state index < -0.39 is 0 Å². The van der Waals surface area contributed by atoms with E-state index in [0.29, 0.717) is 6.42 Å². The van der Waals surface area contributed by atoms with Crippen LogP contribution in [-0.4, -0.2) is 6.29 Å². The molecule has 0 saturated carbocycles. The van der Waals surface area contributed by atoms with E-state index in [1.807, 2.05) is 6.29 Å². The van der Waals surface area contributed by atoms with Crippen LogP contribution in [0.3, 0.4) is 0 Å². The Morgan fingerprint density at radius 2 is 0.913 bits per heavy atom. The minimum atomic E-state index is 0. The smallest absolute Gasteiger partial charge is 1.00 e. The van der Waals surface area contributed by atoms with Crippen molar-refractivity contribution in [3.8, 4) is 0 Å². The minimum absolute atomic E-state index is 0. The first-order chi connectivity index (χ1) is 9.27. The fourth-order valence-corrected chi connectivity index (χ4v) is 2.52. The molecule has 0 saturated heterocycles. The van der Waals surface area contributed by atoms with Gasteiger partial charge in [0, 0.05) is 0 Å². The van der Waals surface area contributed by atoms with Gasteiger partial charge in [-0.05, 0) is 5.92 Å². The summed E-state index contributed by atoms with van der Waals surface area (Å²) in [4.78, 5) is 10.0. The van der Waals surface area contributed by atoms with E-state index >= 15 is 0 Å². The van der Waals surface area contributed by atoms with E-state index in [-0.39, 0.29) is 58.9 Å². The first kappa shape index (κ1) is 35.4. The first-order valence-electron chi connectivity index (χ1n) is 8.62. The minimum Gasteiger partial charge on any atom is -1.00 e. The van der Waals surface area contributed by atoms with E-state index in [9.17, 15) is 4.79 Å². The van der Waals surface area contributed by atoms with Crippen molar-refractivity contribution in [3.63, 3.8) is 0 Å². The second-order valence-electron chi connectivity index (χ2n) is 6.32. The molecule has 0 spiro atoms. The Bertz CT molecular complexity index is 193. The first-order valence-corrected chi connectivity index (χ1v) is 8.62. The van der Waals surface area contributed by atoms with Crippen molar-refractivity contribution in [1.82, 2.24) is 0 Å². The third-order valence-corrected chi connectivity index (χ3v) is 3.81. The largest absolute Gasteiger partial charge is 4.00 e. The molecule has 0 atom stereocenters. The zero-order valence-corrected chi connectivity index (χ0v) is 18.8. The van der Waals surface area contributed by atoms with Crippen LogP contribution >= 0.6 is 0 Å². The summed E-state index contributed by atoms with van der Waals surface area (Å²) < 4.78 is 0. The molecule has 0 amide bonds. The van der Waals surface area contributed by atoms with Gasteiger partial charge in [0.05, 0.1) is 0 Å². The second-order valence-corrected chi connectivity index (χ2v) is 6.32. The fraction of sp³-hybridized carbons (Fsp3) is 0.944. The van der Waals surface area contributed by atoms with Crippen LogP contribution < -0.4 is 37.2 Å². The van der Waals surface area contributed by atoms with E-state index in [1.165, 1.54) is 77.0 Å². The molecule has 138 valence electrons. The molecule has 0 fully saturated rings. The molecule has 5 heteroatoms. The van der Waals surface area contributed by atoms with Crippen molar-refractivity contribution in [2.75, 3.05) is 0 Å². The van der Waals surface area contributed by atoms with Crippen LogP contribution in [0.4, 0.5) is 0 Å². The van der Waals surface area contributed by atoms with Gasteiger partial charge in [0.15, 0.2) is 0 Å². The number of hydrogen-bond acceptors (Lipinski definition) is 1. The number of rotatable bonds is 15. The van der Waals surface area contributed by atoms with Crippen LogP contribution in [0.5, 0.6) is 0 Å². The molecule has 0 heterocycles. The van der Waals surface area contributed by atoms with E-state index in [0.717, 1.165) is 12.3 Å². The Balaban J connectivity index is -0.000000270. The third kappa shape index (κ3) is 35.3. The average Bonchev–Trinajstić information content (AvgIpc) is 2.39. The van der Waals surface area contributed by atoms with Crippen molar-refractivity contribution in [2.45, 2.75) is 104 Å². The fourth-order valence-electron chi connectivity index (χ4n) is 2.52. The summed E-state index contributed by atoms with van der Waals surface area (Å²) in [6.45, 7) is 4.63. The molecule has 0 aliphatic carbocycles. The molecule has 0 aromatic carbocycles. The summed E-state index contributed by atoms with van der Waals surface area (Å²) in [6.07, 6.45) is 20.3. The van der Waals surface area contributed by atoms with Gasteiger partial charge in [-0.25, -0.2) is 0 Å². The van der Waals surface area contributed by atoms with Gasteiger partial charge in [0.25, 0.3) is 0 Å². The van der Waals surface area contributed by atoms with Gasteiger partial charge in [0.2, 0.25) is 0 Å². The molecule has 0 aliphatic rings. The Morgan fingerprint density at radius 3 is 1.22 bits per heavy atom. The second kappa shape index (κ2) is 31.1. The molecule has 23 heavy (non-hydrogen) atoms. The number of halogens is 3. The zero-order chi connectivity index (χ0) is 14.2. The molecular weight excluding hydrogens is 386 g/mol. The molecule has 0 aliphatic heterocycles. The normalized spacial score (nSPS) is 9.17. The molecular formula is C18H35Cl3OTi. The Hall–Kier alpha value is 1.25. The summed E-state index contributed by atoms with van der Waals surface area (Å²) >= 11 is 0. The van der Waals surface area contributed by atoms with Gasteiger partial charge < -0.3 is 42.0 Å². The van der Waals surface area contributed by atoms with Gasteiger partial charge in [-0.3, -0.25) is 6.29 Å². The Kier molecular flexibility index (Phi) is 47.8. The Labute approximate surface area is 179 Å². The zero-order valence-electron chi connectivity index (χ0n) is 15.0. The summed E-state index contributed by atoms with van der Waals surface area (Å²) in [7, 11) is 0. The van der Waals surface area contributed by atoms with Crippen LogP contribution in [0.25, 0.3) is 0 Å². The molecule has 0 aromatic rings. The van der Waals surface area contributed by atoms with Crippen LogP contribution in [0.1, 0.15) is 104 Å². The van der Waals surface area contributed by atoms with Gasteiger partial charge in [-0.2, -0.15) is 6.42 Å². The maximum absolute atomic E-state index is 10.0. The Morgan fingerprint density at radius 1 is 0.609 bits per heavy atom. The molecule has 0 N–H and O–H groups in total. The quantitative estimate of drug-likeness (QED) is 0.159. The van der Waals surface area contributed by atoms with E-state index in [2.05, 4.69) is 13.8 Å². The van der Waals surface area contributed by atoms with Crippen LogP contribution in [0.15, 0.2) is 0 Å². The van der Waals surface area contributed by atoms with E-state index in [4.69, 9.17) is 0 Å². The predicted molar refractivity (Wildman–Crippen MR) is 85.2 cm³/mol. The summed E-state index contributed by atoms with van der Waals surface area (Å²) in [5.74, 6) is 0.879. The standard InChI is InChI=1S/C18H35O.3ClH.Ti/c1-18(2)16-14-12-10-8-6-4-3-5-7-9-11-13-15-17-19;;;;/h18H,3-16H2,1-2H3;3*1H;/q-1;;;;+4/p-3. The average molecular weight is 422 g/mol. The predicted octanol–water partition coefficient (Wildman–Crippen LogP) is -2.78. The molecule has 0 rings (SSSR count). The van der Waals surface area contributed by atoms with Crippen molar-refractivity contribution in [1.29, 1.82) is 0 Å². The van der Waals surface area contributed by atoms with Gasteiger partial charge in [-0.1, -0.05) is 97.3 Å². The third-order valence-electron chi connectivity index (χ3n) is 3.81. The molecule has 0 aromatic heterocycles. The van der Waals surface area contributed by atoms with E-state index in [1.54, 1.807) is 0 Å². The number of hydrogen-bond donors (Lipinski definition) is 0. The summed E-state index contributed by atoms with van der Waals surface area (Å²) in [6, 6.07) is 0. The summed E-state index contributed by atoms with van der Waals surface area (Å²) in [5, 5.41) is 0. The molecule has 1 nitrogen and oxygen atoms in total. The molecule has 0 unspecified atom stereocenters.